The van der Waals surface area contributed by atoms with Crippen molar-refractivity contribution < 1.29 is 18.7 Å². The first kappa shape index (κ1) is 18.7. The number of aromatic nitrogens is 1. The van der Waals surface area contributed by atoms with E-state index in [2.05, 4.69) is 4.98 Å². The number of aryl methyl sites for hydroxylation is 1. The molecule has 1 atom stereocenters. The summed E-state index contributed by atoms with van der Waals surface area (Å²) in [4.78, 5) is 34.2. The van der Waals surface area contributed by atoms with E-state index in [9.17, 15) is 9.59 Å². The molecule has 2 fully saturated rings. The number of oxazole rings is 1. The van der Waals surface area contributed by atoms with E-state index in [4.69, 9.17) is 9.15 Å². The number of morpholine rings is 1. The third kappa shape index (κ3) is 3.67. The number of carbonyl (C=O) groups is 2. The SMILES string of the molecule is Cc1nc(-c2ccccc2)oc1C(=O)N1CCCCC1C(=O)N1CCOCC1. The Hall–Kier alpha value is -2.67. The van der Waals surface area contributed by atoms with Crippen molar-refractivity contribution in [2.75, 3.05) is 32.8 Å². The quantitative estimate of drug-likeness (QED) is 0.814. The second-order valence-electron chi connectivity index (χ2n) is 7.25. The van der Waals surface area contributed by atoms with Crippen molar-refractivity contribution in [3.05, 3.63) is 41.8 Å². The number of nitrogens with zero attached hydrogens (tertiary/aromatic N) is 3. The monoisotopic (exact) mass is 383 g/mol. The van der Waals surface area contributed by atoms with Gasteiger partial charge in [0.2, 0.25) is 17.6 Å². The van der Waals surface area contributed by atoms with Crippen molar-refractivity contribution >= 4 is 11.8 Å². The van der Waals surface area contributed by atoms with Crippen LogP contribution in [0.3, 0.4) is 0 Å². The summed E-state index contributed by atoms with van der Waals surface area (Å²) in [5.41, 5.74) is 1.37. The van der Waals surface area contributed by atoms with Gasteiger partial charge in [0.15, 0.2) is 0 Å². The maximum absolute atomic E-state index is 13.3. The molecule has 2 aliphatic heterocycles. The standard InChI is InChI=1S/C21H25N3O4/c1-15-18(28-19(22-15)16-7-3-2-4-8-16)21(26)24-10-6-5-9-17(24)20(25)23-11-13-27-14-12-23/h2-4,7-8,17H,5-6,9-14H2,1H3. The Balaban J connectivity index is 1.57. The number of benzene rings is 1. The molecule has 0 saturated carbocycles. The van der Waals surface area contributed by atoms with Crippen molar-refractivity contribution in [1.82, 2.24) is 14.8 Å². The predicted octanol–water partition coefficient (Wildman–Crippen LogP) is 2.50. The fraction of sp³-hybridized carbons (Fsp3) is 0.476. The molecule has 0 aliphatic carbocycles. The van der Waals surface area contributed by atoms with Gasteiger partial charge >= 0.3 is 0 Å². The molecule has 0 N–H and O–H groups in total. The van der Waals surface area contributed by atoms with Crippen LogP contribution in [-0.4, -0.2) is 65.5 Å². The minimum absolute atomic E-state index is 0.0109. The van der Waals surface area contributed by atoms with E-state index in [-0.39, 0.29) is 17.6 Å². The van der Waals surface area contributed by atoms with Crippen LogP contribution in [0.5, 0.6) is 0 Å². The first-order chi connectivity index (χ1) is 13.6. The van der Waals surface area contributed by atoms with Crippen molar-refractivity contribution in [1.29, 1.82) is 0 Å². The van der Waals surface area contributed by atoms with Crippen LogP contribution in [0.2, 0.25) is 0 Å². The molecule has 4 rings (SSSR count). The van der Waals surface area contributed by atoms with Crippen LogP contribution in [0.4, 0.5) is 0 Å². The average Bonchev–Trinajstić information content (AvgIpc) is 3.15. The zero-order valence-corrected chi connectivity index (χ0v) is 16.1. The molecule has 0 radical (unpaired) electrons. The van der Waals surface area contributed by atoms with Crippen LogP contribution in [0, 0.1) is 6.92 Å². The first-order valence-corrected chi connectivity index (χ1v) is 9.85. The lowest BCUT2D eigenvalue weighted by atomic mass is 10.00. The van der Waals surface area contributed by atoms with Gasteiger partial charge in [0.1, 0.15) is 6.04 Å². The Morgan fingerprint density at radius 2 is 1.82 bits per heavy atom. The fourth-order valence-corrected chi connectivity index (χ4v) is 3.86. The summed E-state index contributed by atoms with van der Waals surface area (Å²) >= 11 is 0. The predicted molar refractivity (Wildman–Crippen MR) is 103 cm³/mol. The van der Waals surface area contributed by atoms with Gasteiger partial charge in [0.25, 0.3) is 5.91 Å². The van der Waals surface area contributed by atoms with Crippen LogP contribution in [0.15, 0.2) is 34.7 Å². The number of ether oxygens (including phenoxy) is 1. The lowest BCUT2D eigenvalue weighted by molar-refractivity contribution is -0.141. The lowest BCUT2D eigenvalue weighted by Crippen LogP contribution is -2.55. The molecule has 1 aromatic carbocycles. The average molecular weight is 383 g/mol. The minimum Gasteiger partial charge on any atom is -0.431 e. The van der Waals surface area contributed by atoms with Gasteiger partial charge in [-0.1, -0.05) is 18.2 Å². The fourth-order valence-electron chi connectivity index (χ4n) is 3.86. The zero-order chi connectivity index (χ0) is 19.5. The van der Waals surface area contributed by atoms with Gasteiger partial charge in [-0.05, 0) is 38.3 Å². The molecule has 3 heterocycles. The van der Waals surface area contributed by atoms with Gasteiger partial charge in [0.05, 0.1) is 18.9 Å². The van der Waals surface area contributed by atoms with Crippen LogP contribution >= 0.6 is 0 Å². The van der Waals surface area contributed by atoms with Gasteiger partial charge in [0, 0.05) is 25.2 Å². The van der Waals surface area contributed by atoms with E-state index < -0.39 is 6.04 Å². The molecular weight excluding hydrogens is 358 g/mol. The lowest BCUT2D eigenvalue weighted by Gasteiger charge is -2.38. The van der Waals surface area contributed by atoms with E-state index in [1.807, 2.05) is 35.2 Å². The highest BCUT2D eigenvalue weighted by Gasteiger charge is 2.37. The summed E-state index contributed by atoms with van der Waals surface area (Å²) in [6, 6.07) is 9.07. The van der Waals surface area contributed by atoms with E-state index in [0.29, 0.717) is 50.9 Å². The normalized spacial score (nSPS) is 20.2. The summed E-state index contributed by atoms with van der Waals surface area (Å²) < 4.78 is 11.2. The molecule has 0 bridgehead atoms. The molecule has 7 heteroatoms. The van der Waals surface area contributed by atoms with Gasteiger partial charge in [-0.25, -0.2) is 4.98 Å². The molecule has 0 spiro atoms. The maximum atomic E-state index is 13.3. The number of hydrogen-bond donors (Lipinski definition) is 0. The van der Waals surface area contributed by atoms with Crippen LogP contribution in [0.1, 0.15) is 35.5 Å². The topological polar surface area (TPSA) is 75.9 Å². The van der Waals surface area contributed by atoms with Crippen LogP contribution in [-0.2, 0) is 9.53 Å². The number of piperidine rings is 1. The maximum Gasteiger partial charge on any atom is 0.292 e. The molecule has 2 aromatic rings. The Labute approximate surface area is 164 Å². The Kier molecular flexibility index (Phi) is 5.43. The van der Waals surface area contributed by atoms with Gasteiger partial charge in [-0.2, -0.15) is 0 Å². The number of amides is 2. The van der Waals surface area contributed by atoms with E-state index in [1.165, 1.54) is 0 Å². The van der Waals surface area contributed by atoms with Crippen molar-refractivity contribution in [3.8, 4) is 11.5 Å². The van der Waals surface area contributed by atoms with E-state index in [0.717, 1.165) is 18.4 Å². The number of rotatable bonds is 3. The Morgan fingerprint density at radius 1 is 1.07 bits per heavy atom. The highest BCUT2D eigenvalue weighted by molar-refractivity contribution is 5.96. The summed E-state index contributed by atoms with van der Waals surface area (Å²) in [6.45, 7) is 4.59. The summed E-state index contributed by atoms with van der Waals surface area (Å²) in [5.74, 6) is 0.408. The molecule has 1 unspecified atom stereocenters. The van der Waals surface area contributed by atoms with Gasteiger partial charge < -0.3 is 19.0 Å². The zero-order valence-electron chi connectivity index (χ0n) is 16.1. The second-order valence-corrected chi connectivity index (χ2v) is 7.25. The number of carbonyl (C=O) groups excluding carboxylic acids is 2. The Bertz CT molecular complexity index is 843. The van der Waals surface area contributed by atoms with E-state index in [1.54, 1.807) is 11.8 Å². The Morgan fingerprint density at radius 3 is 2.57 bits per heavy atom. The van der Waals surface area contributed by atoms with E-state index >= 15 is 0 Å². The largest absolute Gasteiger partial charge is 0.431 e. The van der Waals surface area contributed by atoms with Crippen molar-refractivity contribution in [3.63, 3.8) is 0 Å². The summed E-state index contributed by atoms with van der Waals surface area (Å²) in [7, 11) is 0. The molecule has 2 saturated heterocycles. The molecule has 148 valence electrons. The first-order valence-electron chi connectivity index (χ1n) is 9.85. The smallest absolute Gasteiger partial charge is 0.292 e. The number of hydrogen-bond acceptors (Lipinski definition) is 5. The third-order valence-electron chi connectivity index (χ3n) is 5.38. The molecule has 2 aliphatic rings. The molecule has 2 amide bonds. The van der Waals surface area contributed by atoms with Crippen molar-refractivity contribution in [2.45, 2.75) is 32.2 Å². The second kappa shape index (κ2) is 8.14. The highest BCUT2D eigenvalue weighted by atomic mass is 16.5. The van der Waals surface area contributed by atoms with Crippen LogP contribution < -0.4 is 0 Å². The minimum atomic E-state index is -0.441. The molecule has 7 nitrogen and oxygen atoms in total. The van der Waals surface area contributed by atoms with Crippen molar-refractivity contribution in [2.24, 2.45) is 0 Å². The molecule has 1 aromatic heterocycles. The molecule has 28 heavy (non-hydrogen) atoms. The third-order valence-corrected chi connectivity index (χ3v) is 5.38. The summed E-state index contributed by atoms with van der Waals surface area (Å²) in [5, 5.41) is 0. The van der Waals surface area contributed by atoms with Gasteiger partial charge in [-0.15, -0.1) is 0 Å². The number of likely N-dealkylation sites (tertiary alicyclic amines) is 1. The molecular formula is C21H25N3O4. The van der Waals surface area contributed by atoms with Crippen LogP contribution in [0.25, 0.3) is 11.5 Å². The van der Waals surface area contributed by atoms with Gasteiger partial charge in [-0.3, -0.25) is 9.59 Å². The summed E-state index contributed by atoms with van der Waals surface area (Å²) in [6.07, 6.45) is 2.51. The highest BCUT2D eigenvalue weighted by Crippen LogP contribution is 2.26.